The SMILES string of the molecule is COc1ccc(Cl)cc1NC(=O)C[C@@H](C(=O)O)c1ccccc1. The van der Waals surface area contributed by atoms with Crippen LogP contribution >= 0.6 is 11.6 Å². The number of anilines is 1. The Bertz CT molecular complexity index is 703. The van der Waals surface area contributed by atoms with Crippen molar-refractivity contribution in [3.8, 4) is 5.75 Å². The third kappa shape index (κ3) is 4.47. The van der Waals surface area contributed by atoms with Crippen molar-refractivity contribution in [3.63, 3.8) is 0 Å². The van der Waals surface area contributed by atoms with Gasteiger partial charge < -0.3 is 15.2 Å². The Hall–Kier alpha value is -2.53. The lowest BCUT2D eigenvalue weighted by Crippen LogP contribution is -2.21. The maximum absolute atomic E-state index is 12.2. The number of methoxy groups -OCH3 is 1. The Morgan fingerprint density at radius 1 is 1.22 bits per heavy atom. The summed E-state index contributed by atoms with van der Waals surface area (Å²) in [6, 6.07) is 13.5. The lowest BCUT2D eigenvalue weighted by Gasteiger charge is -2.14. The van der Waals surface area contributed by atoms with Gasteiger partial charge >= 0.3 is 5.97 Å². The van der Waals surface area contributed by atoms with E-state index in [1.54, 1.807) is 48.5 Å². The molecule has 1 amide bonds. The van der Waals surface area contributed by atoms with E-state index in [9.17, 15) is 14.7 Å². The molecule has 0 unspecified atom stereocenters. The lowest BCUT2D eigenvalue weighted by molar-refractivity contribution is -0.140. The highest BCUT2D eigenvalue weighted by Crippen LogP contribution is 2.28. The molecule has 0 aliphatic rings. The minimum Gasteiger partial charge on any atom is -0.495 e. The maximum atomic E-state index is 12.2. The van der Waals surface area contributed by atoms with E-state index in [0.717, 1.165) is 0 Å². The standard InChI is InChI=1S/C17H16ClNO4/c1-23-15-8-7-12(18)9-14(15)19-16(20)10-13(17(21)22)11-5-3-2-4-6-11/h2-9,13H,10H2,1H3,(H,19,20)(H,21,22)/t13-/m1/s1. The summed E-state index contributed by atoms with van der Waals surface area (Å²) >= 11 is 5.91. The summed E-state index contributed by atoms with van der Waals surface area (Å²) in [6.07, 6.45) is -0.186. The van der Waals surface area contributed by atoms with Crippen LogP contribution in [0.5, 0.6) is 5.75 Å². The molecule has 0 aliphatic carbocycles. The largest absolute Gasteiger partial charge is 0.495 e. The molecule has 0 heterocycles. The van der Waals surface area contributed by atoms with Gasteiger partial charge in [-0.1, -0.05) is 41.9 Å². The second kappa shape index (κ2) is 7.65. The predicted molar refractivity (Wildman–Crippen MR) is 88.1 cm³/mol. The van der Waals surface area contributed by atoms with Gasteiger partial charge in [-0.05, 0) is 23.8 Å². The van der Waals surface area contributed by atoms with Crippen molar-refractivity contribution < 1.29 is 19.4 Å². The minimum absolute atomic E-state index is 0.186. The van der Waals surface area contributed by atoms with Crippen LogP contribution in [0.25, 0.3) is 0 Å². The Kier molecular flexibility index (Phi) is 5.60. The summed E-state index contributed by atoms with van der Waals surface area (Å²) in [7, 11) is 1.48. The number of hydrogen-bond acceptors (Lipinski definition) is 3. The Morgan fingerprint density at radius 2 is 1.91 bits per heavy atom. The minimum atomic E-state index is -1.05. The van der Waals surface area contributed by atoms with Crippen LogP contribution in [0.15, 0.2) is 48.5 Å². The van der Waals surface area contributed by atoms with Gasteiger partial charge in [-0.25, -0.2) is 0 Å². The molecule has 1 atom stereocenters. The van der Waals surface area contributed by atoms with Crippen molar-refractivity contribution >= 4 is 29.2 Å². The zero-order valence-corrected chi connectivity index (χ0v) is 13.2. The average Bonchev–Trinajstić information content (AvgIpc) is 2.53. The van der Waals surface area contributed by atoms with Crippen LogP contribution in [0.3, 0.4) is 0 Å². The average molecular weight is 334 g/mol. The van der Waals surface area contributed by atoms with Crippen molar-refractivity contribution in [2.45, 2.75) is 12.3 Å². The molecule has 6 heteroatoms. The second-order valence-electron chi connectivity index (χ2n) is 4.90. The van der Waals surface area contributed by atoms with Crippen molar-refractivity contribution in [1.29, 1.82) is 0 Å². The molecule has 2 N–H and O–H groups in total. The molecule has 0 aliphatic heterocycles. The first kappa shape index (κ1) is 16.8. The highest BCUT2D eigenvalue weighted by atomic mass is 35.5. The molecule has 5 nitrogen and oxygen atoms in total. The fourth-order valence-electron chi connectivity index (χ4n) is 2.20. The lowest BCUT2D eigenvalue weighted by atomic mass is 9.95. The Morgan fingerprint density at radius 3 is 2.52 bits per heavy atom. The van der Waals surface area contributed by atoms with Crippen molar-refractivity contribution in [3.05, 3.63) is 59.1 Å². The molecule has 0 saturated carbocycles. The van der Waals surface area contributed by atoms with E-state index >= 15 is 0 Å². The molecule has 0 spiro atoms. The van der Waals surface area contributed by atoms with Crippen LogP contribution in [-0.2, 0) is 9.59 Å². The van der Waals surface area contributed by atoms with Crippen LogP contribution in [0.2, 0.25) is 5.02 Å². The number of ether oxygens (including phenoxy) is 1. The number of carboxylic acid groups (broad SMARTS) is 1. The van der Waals surface area contributed by atoms with Crippen molar-refractivity contribution in [1.82, 2.24) is 0 Å². The smallest absolute Gasteiger partial charge is 0.311 e. The van der Waals surface area contributed by atoms with Crippen molar-refractivity contribution in [2.24, 2.45) is 0 Å². The fraction of sp³-hybridized carbons (Fsp3) is 0.176. The molecule has 0 aromatic heterocycles. The summed E-state index contributed by atoms with van der Waals surface area (Å²) in [5, 5.41) is 12.4. The van der Waals surface area contributed by atoms with Crippen LogP contribution < -0.4 is 10.1 Å². The van der Waals surface area contributed by atoms with E-state index in [1.165, 1.54) is 7.11 Å². The fourth-order valence-corrected chi connectivity index (χ4v) is 2.37. The zero-order valence-electron chi connectivity index (χ0n) is 12.5. The second-order valence-corrected chi connectivity index (χ2v) is 5.33. The van der Waals surface area contributed by atoms with E-state index in [-0.39, 0.29) is 6.42 Å². The van der Waals surface area contributed by atoms with Crippen LogP contribution in [-0.4, -0.2) is 24.1 Å². The molecule has 0 fully saturated rings. The van der Waals surface area contributed by atoms with E-state index in [2.05, 4.69) is 5.32 Å². The molecule has 2 rings (SSSR count). The van der Waals surface area contributed by atoms with Gasteiger partial charge in [0.25, 0.3) is 0 Å². The first-order chi connectivity index (χ1) is 11.0. The zero-order chi connectivity index (χ0) is 16.8. The van der Waals surface area contributed by atoms with Crippen LogP contribution in [0, 0.1) is 0 Å². The summed E-state index contributed by atoms with van der Waals surface area (Å²) in [5.74, 6) is -1.94. The highest BCUT2D eigenvalue weighted by molar-refractivity contribution is 6.31. The van der Waals surface area contributed by atoms with E-state index in [0.29, 0.717) is 22.0 Å². The third-order valence-electron chi connectivity index (χ3n) is 3.33. The summed E-state index contributed by atoms with van der Waals surface area (Å²) in [6.45, 7) is 0. The number of rotatable bonds is 6. The first-order valence-electron chi connectivity index (χ1n) is 6.92. The molecule has 0 saturated heterocycles. The molecule has 2 aromatic carbocycles. The molecule has 23 heavy (non-hydrogen) atoms. The highest BCUT2D eigenvalue weighted by Gasteiger charge is 2.23. The van der Waals surface area contributed by atoms with Gasteiger partial charge in [0.05, 0.1) is 18.7 Å². The Labute approximate surface area is 138 Å². The number of carbonyl (C=O) groups is 2. The number of carbonyl (C=O) groups excluding carboxylic acids is 1. The van der Waals surface area contributed by atoms with Gasteiger partial charge in [-0.2, -0.15) is 0 Å². The number of hydrogen-bond donors (Lipinski definition) is 2. The molecule has 0 bridgehead atoms. The van der Waals surface area contributed by atoms with Gasteiger partial charge in [0.2, 0.25) is 5.91 Å². The summed E-state index contributed by atoms with van der Waals surface area (Å²) in [5.41, 5.74) is 0.982. The van der Waals surface area contributed by atoms with Crippen molar-refractivity contribution in [2.75, 3.05) is 12.4 Å². The normalized spacial score (nSPS) is 11.6. The van der Waals surface area contributed by atoms with Gasteiger partial charge in [0, 0.05) is 11.4 Å². The van der Waals surface area contributed by atoms with Crippen LogP contribution in [0.1, 0.15) is 17.9 Å². The molecule has 0 radical (unpaired) electrons. The first-order valence-corrected chi connectivity index (χ1v) is 7.30. The van der Waals surface area contributed by atoms with Crippen LogP contribution in [0.4, 0.5) is 5.69 Å². The summed E-state index contributed by atoms with van der Waals surface area (Å²) in [4.78, 5) is 23.6. The topological polar surface area (TPSA) is 75.6 Å². The number of halogens is 1. The molecule has 2 aromatic rings. The van der Waals surface area contributed by atoms with Gasteiger partial charge in [-0.3, -0.25) is 9.59 Å². The van der Waals surface area contributed by atoms with E-state index in [1.807, 2.05) is 0 Å². The quantitative estimate of drug-likeness (QED) is 0.847. The van der Waals surface area contributed by atoms with Gasteiger partial charge in [-0.15, -0.1) is 0 Å². The predicted octanol–water partition coefficient (Wildman–Crippen LogP) is 3.55. The summed E-state index contributed by atoms with van der Waals surface area (Å²) < 4.78 is 5.15. The molecular formula is C17H16ClNO4. The molecule has 120 valence electrons. The Balaban J connectivity index is 2.14. The maximum Gasteiger partial charge on any atom is 0.311 e. The van der Waals surface area contributed by atoms with Gasteiger partial charge in [0.1, 0.15) is 5.75 Å². The number of carboxylic acids is 1. The third-order valence-corrected chi connectivity index (χ3v) is 3.56. The van der Waals surface area contributed by atoms with E-state index in [4.69, 9.17) is 16.3 Å². The number of amides is 1. The monoisotopic (exact) mass is 333 g/mol. The number of nitrogens with one attached hydrogen (secondary N) is 1. The number of benzene rings is 2. The number of aliphatic carboxylic acids is 1. The van der Waals surface area contributed by atoms with E-state index < -0.39 is 17.8 Å². The molecular weight excluding hydrogens is 318 g/mol. The van der Waals surface area contributed by atoms with Gasteiger partial charge in [0.15, 0.2) is 0 Å².